The third kappa shape index (κ3) is 4.61. The molecule has 26 heavy (non-hydrogen) atoms. The maximum atomic E-state index is 12.8. The van der Waals surface area contributed by atoms with Gasteiger partial charge < -0.3 is 15.4 Å². The fraction of sp³-hybridized carbons (Fsp3) is 0.471. The molecule has 0 radical (unpaired) electrons. The van der Waals surface area contributed by atoms with Gasteiger partial charge in [-0.3, -0.25) is 9.59 Å². The van der Waals surface area contributed by atoms with Crippen LogP contribution in [-0.2, 0) is 25.5 Å². The summed E-state index contributed by atoms with van der Waals surface area (Å²) in [4.78, 5) is 37.4. The van der Waals surface area contributed by atoms with Crippen molar-refractivity contribution in [3.8, 4) is 0 Å². The highest BCUT2D eigenvalue weighted by Gasteiger charge is 2.54. The van der Waals surface area contributed by atoms with Gasteiger partial charge in [0.1, 0.15) is 10.2 Å². The van der Waals surface area contributed by atoms with Crippen molar-refractivity contribution in [1.29, 1.82) is 0 Å². The number of carbonyl (C=O) groups excluding carboxylic acids is 3. The van der Waals surface area contributed by atoms with Gasteiger partial charge in [-0.2, -0.15) is 0 Å². The highest BCUT2D eigenvalue weighted by molar-refractivity contribution is 9.14. The van der Waals surface area contributed by atoms with E-state index in [9.17, 15) is 14.4 Å². The van der Waals surface area contributed by atoms with E-state index >= 15 is 0 Å². The van der Waals surface area contributed by atoms with Crippen molar-refractivity contribution in [2.75, 3.05) is 7.11 Å². The maximum absolute atomic E-state index is 12.8. The number of hydrogen-bond donors (Lipinski definition) is 2. The first kappa shape index (κ1) is 21.2. The van der Waals surface area contributed by atoms with Crippen LogP contribution < -0.4 is 10.6 Å². The molecule has 1 fully saturated rings. The first-order chi connectivity index (χ1) is 12.1. The first-order valence-electron chi connectivity index (χ1n) is 7.84. The van der Waals surface area contributed by atoms with E-state index < -0.39 is 31.3 Å². The van der Waals surface area contributed by atoms with Gasteiger partial charge in [-0.15, -0.1) is 11.8 Å². The van der Waals surface area contributed by atoms with E-state index in [0.29, 0.717) is 0 Å². The zero-order valence-corrected chi connectivity index (χ0v) is 18.5. The van der Waals surface area contributed by atoms with Crippen molar-refractivity contribution in [3.05, 3.63) is 35.9 Å². The third-order valence-electron chi connectivity index (χ3n) is 3.99. The number of halogens is 2. The van der Waals surface area contributed by atoms with Gasteiger partial charge in [0.25, 0.3) is 5.91 Å². The van der Waals surface area contributed by atoms with Crippen LogP contribution in [0.2, 0.25) is 0 Å². The van der Waals surface area contributed by atoms with Crippen LogP contribution in [0.5, 0.6) is 0 Å². The van der Waals surface area contributed by atoms with Crippen LogP contribution in [0.4, 0.5) is 0 Å². The second-order valence-electron chi connectivity index (χ2n) is 6.39. The summed E-state index contributed by atoms with van der Waals surface area (Å²) in [6, 6.07) is 8.38. The van der Waals surface area contributed by atoms with Crippen LogP contribution in [0.25, 0.3) is 0 Å². The van der Waals surface area contributed by atoms with Crippen molar-refractivity contribution in [1.82, 2.24) is 10.6 Å². The van der Waals surface area contributed by atoms with Gasteiger partial charge in [0.05, 0.1) is 13.5 Å². The number of esters is 1. The second-order valence-corrected chi connectivity index (χ2v) is 10.9. The molecule has 2 rings (SSSR count). The monoisotopic (exact) mass is 506 g/mol. The number of ether oxygens (including phenoxy) is 1. The van der Waals surface area contributed by atoms with Crippen molar-refractivity contribution >= 4 is 61.4 Å². The Hall–Kier alpha value is -1.06. The largest absolute Gasteiger partial charge is 0.467 e. The molecule has 6 nitrogen and oxygen atoms in total. The smallest absolute Gasteiger partial charge is 0.329 e. The van der Waals surface area contributed by atoms with Crippen molar-refractivity contribution in [3.63, 3.8) is 0 Å². The Morgan fingerprint density at radius 2 is 1.92 bits per heavy atom. The van der Waals surface area contributed by atoms with E-state index in [1.54, 1.807) is 0 Å². The summed E-state index contributed by atoms with van der Waals surface area (Å²) < 4.78 is 2.22. The van der Waals surface area contributed by atoms with Crippen LogP contribution in [0.3, 0.4) is 0 Å². The molecular weight excluding hydrogens is 488 g/mol. The van der Waals surface area contributed by atoms with Gasteiger partial charge in [0, 0.05) is 4.75 Å². The Morgan fingerprint density at radius 1 is 1.31 bits per heavy atom. The number of nitrogens with one attached hydrogen (secondary N) is 2. The Morgan fingerprint density at radius 3 is 2.50 bits per heavy atom. The van der Waals surface area contributed by atoms with Gasteiger partial charge in [0.15, 0.2) is 4.45 Å². The van der Waals surface area contributed by atoms with Crippen LogP contribution in [0.15, 0.2) is 30.3 Å². The minimum Gasteiger partial charge on any atom is -0.467 e. The van der Waals surface area contributed by atoms with E-state index in [0.717, 1.165) is 5.56 Å². The zero-order chi connectivity index (χ0) is 19.5. The second kappa shape index (κ2) is 8.31. The Balaban J connectivity index is 2.22. The lowest BCUT2D eigenvalue weighted by Gasteiger charge is -2.32. The molecule has 0 aliphatic carbocycles. The van der Waals surface area contributed by atoms with E-state index in [-0.39, 0.29) is 12.3 Å². The molecule has 3 unspecified atom stereocenters. The molecule has 1 aliphatic heterocycles. The fourth-order valence-corrected chi connectivity index (χ4v) is 6.07. The molecule has 1 heterocycles. The van der Waals surface area contributed by atoms with Crippen LogP contribution in [0.1, 0.15) is 19.4 Å². The van der Waals surface area contributed by atoms with Gasteiger partial charge >= 0.3 is 5.97 Å². The zero-order valence-electron chi connectivity index (χ0n) is 14.5. The molecule has 142 valence electrons. The third-order valence-corrected chi connectivity index (χ3v) is 8.57. The van der Waals surface area contributed by atoms with Crippen molar-refractivity contribution in [2.45, 2.75) is 39.7 Å². The summed E-state index contributed by atoms with van der Waals surface area (Å²) in [6.45, 7) is 3.66. The lowest BCUT2D eigenvalue weighted by atomic mass is 10.0. The number of alkyl halides is 2. The minimum absolute atomic E-state index is 0.135. The molecule has 0 saturated carbocycles. The van der Waals surface area contributed by atoms with E-state index in [1.807, 2.05) is 44.2 Å². The van der Waals surface area contributed by atoms with Gasteiger partial charge in [-0.05, 0) is 35.3 Å². The highest BCUT2D eigenvalue weighted by atomic mass is 79.9. The summed E-state index contributed by atoms with van der Waals surface area (Å²) in [7, 11) is 1.27. The SMILES string of the molecule is COC(=O)C1NC(=O)C(Br)(NC(=O)Cc2ccccc2)C(Br)SC1(C)C. The standard InChI is InChI=1S/C17H20Br2N2O4S/c1-16(2)12(13(23)25-3)20-15(24)17(19,14(18)26-16)21-11(22)9-10-7-5-4-6-8-10/h4-8,12,14H,9H2,1-3H3,(H,20,24)(H,21,22). The maximum Gasteiger partial charge on any atom is 0.329 e. The molecule has 2 N–H and O–H groups in total. The fourth-order valence-electron chi connectivity index (χ4n) is 2.53. The van der Waals surface area contributed by atoms with Crippen LogP contribution >= 0.6 is 43.6 Å². The normalized spacial score (nSPS) is 27.8. The van der Waals surface area contributed by atoms with Gasteiger partial charge in [-0.25, -0.2) is 4.79 Å². The summed E-state index contributed by atoms with van der Waals surface area (Å²) in [6.07, 6.45) is 0.135. The molecule has 0 bridgehead atoms. The molecule has 3 atom stereocenters. The number of carbonyl (C=O) groups is 3. The number of rotatable bonds is 4. The highest BCUT2D eigenvalue weighted by Crippen LogP contribution is 2.45. The number of thioether (sulfide) groups is 1. The molecule has 1 aromatic carbocycles. The molecule has 1 saturated heterocycles. The predicted octanol–water partition coefficient (Wildman–Crippen LogP) is 2.34. The lowest BCUT2D eigenvalue weighted by Crippen LogP contribution is -2.60. The summed E-state index contributed by atoms with van der Waals surface area (Å²) >= 11 is 8.20. The Bertz CT molecular complexity index is 701. The predicted molar refractivity (Wildman–Crippen MR) is 108 cm³/mol. The lowest BCUT2D eigenvalue weighted by molar-refractivity contribution is -0.146. The Kier molecular flexibility index (Phi) is 6.79. The quantitative estimate of drug-likeness (QED) is 0.371. The molecule has 1 aliphatic rings. The van der Waals surface area contributed by atoms with Gasteiger partial charge in [-0.1, -0.05) is 46.3 Å². The molecule has 0 spiro atoms. The Labute approximate surface area is 173 Å². The summed E-state index contributed by atoms with van der Waals surface area (Å²) in [5, 5.41) is 5.43. The van der Waals surface area contributed by atoms with Crippen LogP contribution in [0, 0.1) is 0 Å². The molecule has 0 aromatic heterocycles. The van der Waals surface area contributed by atoms with Crippen LogP contribution in [-0.4, -0.2) is 44.3 Å². The summed E-state index contributed by atoms with van der Waals surface area (Å²) in [5.74, 6) is -1.38. The van der Waals surface area contributed by atoms with Gasteiger partial charge in [0.2, 0.25) is 5.91 Å². The summed E-state index contributed by atoms with van der Waals surface area (Å²) in [5.41, 5.74) is 0.835. The van der Waals surface area contributed by atoms with E-state index in [1.165, 1.54) is 18.9 Å². The number of methoxy groups -OCH3 is 1. The van der Waals surface area contributed by atoms with Crippen molar-refractivity contribution in [2.24, 2.45) is 0 Å². The minimum atomic E-state index is -1.41. The van der Waals surface area contributed by atoms with E-state index in [2.05, 4.69) is 42.5 Å². The number of hydrogen-bond acceptors (Lipinski definition) is 5. The number of amides is 2. The molecule has 9 heteroatoms. The number of benzene rings is 1. The molecule has 2 amide bonds. The topological polar surface area (TPSA) is 84.5 Å². The first-order valence-corrected chi connectivity index (χ1v) is 10.4. The van der Waals surface area contributed by atoms with Crippen molar-refractivity contribution < 1.29 is 19.1 Å². The molecular formula is C17H20Br2N2O4S. The van der Waals surface area contributed by atoms with E-state index in [4.69, 9.17) is 4.74 Å². The average molecular weight is 508 g/mol. The molecule has 1 aromatic rings. The average Bonchev–Trinajstić information content (AvgIpc) is 2.64.